The van der Waals surface area contributed by atoms with Crippen molar-refractivity contribution >= 4 is 11.4 Å². The van der Waals surface area contributed by atoms with Crippen molar-refractivity contribution in [3.63, 3.8) is 0 Å². The number of hydrogen-bond donors (Lipinski definition) is 2. The van der Waals surface area contributed by atoms with Gasteiger partial charge in [0.1, 0.15) is 0 Å². The monoisotopic (exact) mass is 278 g/mol. The molecule has 0 fully saturated rings. The summed E-state index contributed by atoms with van der Waals surface area (Å²) in [4.78, 5) is 0. The molecule has 0 saturated heterocycles. The lowest BCUT2D eigenvalue weighted by Gasteiger charge is -2.32. The van der Waals surface area contributed by atoms with E-state index < -0.39 is 0 Å². The van der Waals surface area contributed by atoms with Crippen molar-refractivity contribution in [3.05, 3.63) is 24.3 Å². The summed E-state index contributed by atoms with van der Waals surface area (Å²) in [6.07, 6.45) is 2.22. The molecule has 1 aromatic carbocycles. The van der Waals surface area contributed by atoms with E-state index in [0.29, 0.717) is 12.1 Å². The molecule has 0 saturated carbocycles. The van der Waals surface area contributed by atoms with E-state index >= 15 is 0 Å². The van der Waals surface area contributed by atoms with Crippen molar-refractivity contribution in [1.82, 2.24) is 10.9 Å². The number of rotatable bonds is 8. The lowest BCUT2D eigenvalue weighted by molar-refractivity contribution is 0.560. The maximum atomic E-state index is 3.27. The standard InChI is InChI=1S/C16H30N4/c1-7-13(3)19(17-5)15-9-11-16(12-10-15)20(18-6)14(4)8-2/h9-14,17-18H,7-8H2,1-6H3. The summed E-state index contributed by atoms with van der Waals surface area (Å²) in [6.45, 7) is 8.86. The lowest BCUT2D eigenvalue weighted by atomic mass is 10.2. The molecule has 4 nitrogen and oxygen atoms in total. The third-order valence-corrected chi connectivity index (χ3v) is 3.95. The highest BCUT2D eigenvalue weighted by Crippen LogP contribution is 2.22. The number of nitrogens with zero attached hydrogens (tertiary/aromatic N) is 2. The van der Waals surface area contributed by atoms with Crippen LogP contribution in [0.2, 0.25) is 0 Å². The highest BCUT2D eigenvalue weighted by molar-refractivity contribution is 5.56. The maximum absolute atomic E-state index is 3.27. The zero-order valence-corrected chi connectivity index (χ0v) is 13.8. The maximum Gasteiger partial charge on any atom is 0.0524 e. The van der Waals surface area contributed by atoms with Crippen LogP contribution < -0.4 is 20.9 Å². The van der Waals surface area contributed by atoms with Crippen LogP contribution in [0.5, 0.6) is 0 Å². The fourth-order valence-electron chi connectivity index (χ4n) is 2.35. The summed E-state index contributed by atoms with van der Waals surface area (Å²) < 4.78 is 0. The van der Waals surface area contributed by atoms with Crippen molar-refractivity contribution in [1.29, 1.82) is 0 Å². The fourth-order valence-corrected chi connectivity index (χ4v) is 2.35. The smallest absolute Gasteiger partial charge is 0.0524 e. The van der Waals surface area contributed by atoms with Gasteiger partial charge in [-0.15, -0.1) is 0 Å². The largest absolute Gasteiger partial charge is 0.306 e. The van der Waals surface area contributed by atoms with E-state index in [4.69, 9.17) is 0 Å². The number of nitrogens with one attached hydrogen (secondary N) is 2. The van der Waals surface area contributed by atoms with Gasteiger partial charge in [-0.05, 0) is 51.0 Å². The first kappa shape index (κ1) is 16.8. The van der Waals surface area contributed by atoms with Gasteiger partial charge in [-0.3, -0.25) is 0 Å². The SMILES string of the molecule is CCC(C)N(NC)c1ccc(N(NC)C(C)CC)cc1. The predicted molar refractivity (Wildman–Crippen MR) is 89.0 cm³/mol. The van der Waals surface area contributed by atoms with Gasteiger partial charge in [-0.25, -0.2) is 10.9 Å². The highest BCUT2D eigenvalue weighted by Gasteiger charge is 2.14. The minimum Gasteiger partial charge on any atom is -0.306 e. The Balaban J connectivity index is 2.92. The molecule has 0 aliphatic rings. The molecule has 0 amide bonds. The second kappa shape index (κ2) is 8.12. The summed E-state index contributed by atoms with van der Waals surface area (Å²) in [7, 11) is 3.94. The summed E-state index contributed by atoms with van der Waals surface area (Å²) in [5.41, 5.74) is 8.94. The van der Waals surface area contributed by atoms with Crippen LogP contribution in [0.4, 0.5) is 11.4 Å². The number of hydrazine groups is 2. The lowest BCUT2D eigenvalue weighted by Crippen LogP contribution is -2.43. The van der Waals surface area contributed by atoms with E-state index in [0.717, 1.165) is 12.8 Å². The van der Waals surface area contributed by atoms with Crippen LogP contribution in [0.25, 0.3) is 0 Å². The average Bonchev–Trinajstić information content (AvgIpc) is 2.49. The third-order valence-electron chi connectivity index (χ3n) is 3.95. The van der Waals surface area contributed by atoms with E-state index in [1.807, 2.05) is 14.1 Å². The summed E-state index contributed by atoms with van der Waals surface area (Å²) in [6, 6.07) is 9.63. The Morgan fingerprint density at radius 3 is 1.30 bits per heavy atom. The zero-order valence-electron chi connectivity index (χ0n) is 13.8. The minimum absolute atomic E-state index is 0.473. The van der Waals surface area contributed by atoms with Crippen LogP contribution in [0, 0.1) is 0 Å². The number of hydrogen-bond acceptors (Lipinski definition) is 4. The zero-order chi connectivity index (χ0) is 15.1. The molecule has 1 rings (SSSR count). The first-order chi connectivity index (χ1) is 9.58. The van der Waals surface area contributed by atoms with E-state index in [9.17, 15) is 0 Å². The number of anilines is 2. The molecule has 2 atom stereocenters. The van der Waals surface area contributed by atoms with Gasteiger partial charge >= 0.3 is 0 Å². The Kier molecular flexibility index (Phi) is 6.82. The Labute approximate surface area is 124 Å². The second-order valence-corrected chi connectivity index (χ2v) is 5.22. The quantitative estimate of drug-likeness (QED) is 0.715. The molecule has 0 radical (unpaired) electrons. The van der Waals surface area contributed by atoms with Gasteiger partial charge in [-0.2, -0.15) is 0 Å². The number of benzene rings is 1. The van der Waals surface area contributed by atoms with Crippen LogP contribution in [-0.2, 0) is 0 Å². The Hall–Kier alpha value is -1.26. The molecular formula is C16H30N4. The topological polar surface area (TPSA) is 30.5 Å². The van der Waals surface area contributed by atoms with Gasteiger partial charge in [0.2, 0.25) is 0 Å². The third kappa shape index (κ3) is 3.87. The van der Waals surface area contributed by atoms with Crippen LogP contribution >= 0.6 is 0 Å². The molecule has 0 aliphatic heterocycles. The van der Waals surface area contributed by atoms with Gasteiger partial charge in [-0.1, -0.05) is 13.8 Å². The Morgan fingerprint density at radius 1 is 0.800 bits per heavy atom. The molecule has 0 heterocycles. The van der Waals surface area contributed by atoms with Crippen molar-refractivity contribution in [2.45, 2.75) is 52.6 Å². The van der Waals surface area contributed by atoms with Gasteiger partial charge < -0.3 is 10.0 Å². The van der Waals surface area contributed by atoms with Crippen LogP contribution in [0.15, 0.2) is 24.3 Å². The highest BCUT2D eigenvalue weighted by atomic mass is 15.5. The van der Waals surface area contributed by atoms with E-state index in [1.54, 1.807) is 0 Å². The molecule has 1 aromatic rings. The molecule has 0 aliphatic carbocycles. The van der Waals surface area contributed by atoms with Crippen molar-refractivity contribution < 1.29 is 0 Å². The minimum atomic E-state index is 0.473. The average molecular weight is 278 g/mol. The van der Waals surface area contributed by atoms with Crippen molar-refractivity contribution in [3.8, 4) is 0 Å². The van der Waals surface area contributed by atoms with Crippen molar-refractivity contribution in [2.24, 2.45) is 0 Å². The Morgan fingerprint density at radius 2 is 1.10 bits per heavy atom. The molecule has 114 valence electrons. The molecule has 20 heavy (non-hydrogen) atoms. The van der Waals surface area contributed by atoms with Crippen LogP contribution in [-0.4, -0.2) is 26.2 Å². The van der Waals surface area contributed by atoms with E-state index in [2.05, 4.69) is 72.8 Å². The molecule has 0 spiro atoms. The Bertz CT molecular complexity index is 340. The molecule has 4 heteroatoms. The predicted octanol–water partition coefficient (Wildman–Crippen LogP) is 3.17. The van der Waals surface area contributed by atoms with Gasteiger partial charge in [0, 0.05) is 26.2 Å². The first-order valence-electron chi connectivity index (χ1n) is 7.62. The second-order valence-electron chi connectivity index (χ2n) is 5.22. The molecule has 0 bridgehead atoms. The fraction of sp³-hybridized carbons (Fsp3) is 0.625. The normalized spacial score (nSPS) is 13.9. The summed E-state index contributed by atoms with van der Waals surface area (Å²) in [5, 5.41) is 4.41. The van der Waals surface area contributed by atoms with Gasteiger partial charge in [0.25, 0.3) is 0 Å². The van der Waals surface area contributed by atoms with E-state index in [-0.39, 0.29) is 0 Å². The first-order valence-corrected chi connectivity index (χ1v) is 7.62. The van der Waals surface area contributed by atoms with Crippen molar-refractivity contribution in [2.75, 3.05) is 24.1 Å². The summed E-state index contributed by atoms with van der Waals surface area (Å²) in [5.74, 6) is 0. The van der Waals surface area contributed by atoms with Crippen LogP contribution in [0.1, 0.15) is 40.5 Å². The molecule has 0 aromatic heterocycles. The summed E-state index contributed by atoms with van der Waals surface area (Å²) >= 11 is 0. The van der Waals surface area contributed by atoms with Gasteiger partial charge in [0.15, 0.2) is 0 Å². The molecule has 2 unspecified atom stereocenters. The van der Waals surface area contributed by atoms with E-state index in [1.165, 1.54) is 11.4 Å². The molecule has 2 N–H and O–H groups in total. The molecular weight excluding hydrogens is 248 g/mol. The van der Waals surface area contributed by atoms with Gasteiger partial charge in [0.05, 0.1) is 11.4 Å². The van der Waals surface area contributed by atoms with Crippen LogP contribution in [0.3, 0.4) is 0 Å².